The number of aliphatic imine (C=N–C) groups is 1. The molecule has 0 spiro atoms. The molecule has 0 aromatic heterocycles. The van der Waals surface area contributed by atoms with Crippen LogP contribution in [0, 0.1) is 5.92 Å². The molecule has 6 nitrogen and oxygen atoms in total. The predicted molar refractivity (Wildman–Crippen MR) is 111 cm³/mol. The molecule has 1 aromatic carbocycles. The van der Waals surface area contributed by atoms with E-state index in [1.807, 2.05) is 17.0 Å². The van der Waals surface area contributed by atoms with Crippen molar-refractivity contribution in [3.8, 4) is 0 Å². The van der Waals surface area contributed by atoms with Gasteiger partial charge in [-0.1, -0.05) is 32.4 Å². The van der Waals surface area contributed by atoms with Crippen molar-refractivity contribution in [1.82, 2.24) is 9.80 Å². The molecule has 1 amide bonds. The van der Waals surface area contributed by atoms with Crippen molar-refractivity contribution in [2.45, 2.75) is 39.0 Å². The number of nitrogens with zero attached hydrogens (tertiary/aromatic N) is 3. The van der Waals surface area contributed by atoms with Crippen molar-refractivity contribution in [3.05, 3.63) is 29.8 Å². The Labute approximate surface area is 162 Å². The summed E-state index contributed by atoms with van der Waals surface area (Å²) in [5, 5.41) is 3.18. The molecule has 3 rings (SSSR count). The number of carbonyl (C=O) groups excluding carboxylic acids is 1. The number of piperazine rings is 1. The molecule has 1 aliphatic heterocycles. The van der Waals surface area contributed by atoms with Crippen molar-refractivity contribution in [3.63, 3.8) is 0 Å². The van der Waals surface area contributed by atoms with Gasteiger partial charge >= 0.3 is 0 Å². The number of nitrogens with one attached hydrogen (secondary N) is 1. The van der Waals surface area contributed by atoms with Gasteiger partial charge in [-0.25, -0.2) is 0 Å². The lowest BCUT2D eigenvalue weighted by molar-refractivity contribution is -0.139. The van der Waals surface area contributed by atoms with E-state index in [9.17, 15) is 4.79 Å². The third-order valence-corrected chi connectivity index (χ3v) is 5.66. The van der Waals surface area contributed by atoms with Crippen molar-refractivity contribution in [1.29, 1.82) is 0 Å². The van der Waals surface area contributed by atoms with Crippen LogP contribution in [0.2, 0.25) is 0 Å². The van der Waals surface area contributed by atoms with E-state index in [1.165, 1.54) is 12.0 Å². The highest BCUT2D eigenvalue weighted by molar-refractivity contribution is 5.92. The summed E-state index contributed by atoms with van der Waals surface area (Å²) in [6, 6.07) is 8.28. The van der Waals surface area contributed by atoms with Crippen molar-refractivity contribution >= 4 is 17.6 Å². The third kappa shape index (κ3) is 5.45. The fourth-order valence-corrected chi connectivity index (χ4v) is 3.58. The van der Waals surface area contributed by atoms with E-state index < -0.39 is 0 Å². The summed E-state index contributed by atoms with van der Waals surface area (Å²) in [5.74, 6) is 1.62. The van der Waals surface area contributed by atoms with Crippen LogP contribution < -0.4 is 11.1 Å². The Morgan fingerprint density at radius 2 is 2.00 bits per heavy atom. The summed E-state index contributed by atoms with van der Waals surface area (Å²) in [7, 11) is 0. The Morgan fingerprint density at radius 3 is 2.63 bits per heavy atom. The molecule has 1 heterocycles. The molecular weight excluding hydrogens is 338 g/mol. The second kappa shape index (κ2) is 9.22. The summed E-state index contributed by atoms with van der Waals surface area (Å²) in [5.41, 5.74) is 8.29. The molecule has 2 aliphatic rings. The summed E-state index contributed by atoms with van der Waals surface area (Å²) < 4.78 is 0. The zero-order valence-electron chi connectivity index (χ0n) is 16.7. The number of hydrogen-bond donors (Lipinski definition) is 2. The van der Waals surface area contributed by atoms with Gasteiger partial charge in [0.25, 0.3) is 0 Å². The highest BCUT2D eigenvalue weighted by Gasteiger charge is 2.30. The minimum Gasteiger partial charge on any atom is -0.370 e. The van der Waals surface area contributed by atoms with Gasteiger partial charge in [-0.15, -0.1) is 0 Å². The van der Waals surface area contributed by atoms with Crippen LogP contribution in [0.25, 0.3) is 0 Å². The average Bonchev–Trinajstić information content (AvgIpc) is 2.61. The molecule has 1 saturated heterocycles. The Balaban J connectivity index is 1.39. The zero-order valence-corrected chi connectivity index (χ0v) is 16.7. The molecular formula is C21H33N5O. The van der Waals surface area contributed by atoms with E-state index in [1.54, 1.807) is 0 Å². The molecule has 6 heteroatoms. The smallest absolute Gasteiger partial charge is 0.225 e. The molecule has 0 radical (unpaired) electrons. The monoisotopic (exact) mass is 371 g/mol. The van der Waals surface area contributed by atoms with Crippen molar-refractivity contribution in [2.75, 3.05) is 44.6 Å². The maximum atomic E-state index is 12.3. The van der Waals surface area contributed by atoms with Crippen LogP contribution in [0.5, 0.6) is 0 Å². The summed E-state index contributed by atoms with van der Waals surface area (Å²) in [6.07, 6.45) is 3.38. The average molecular weight is 372 g/mol. The van der Waals surface area contributed by atoms with Crippen LogP contribution in [-0.4, -0.2) is 60.9 Å². The molecule has 148 valence electrons. The van der Waals surface area contributed by atoms with E-state index in [4.69, 9.17) is 5.73 Å². The Hall–Kier alpha value is -2.08. The molecule has 1 aliphatic carbocycles. The SMILES string of the molecule is CC(C)c1cccc(NC(N)=NCCN2CCN(C(=O)C3CCC3)CC2)c1. The van der Waals surface area contributed by atoms with Gasteiger partial charge < -0.3 is 16.0 Å². The first kappa shape index (κ1) is 19.7. The van der Waals surface area contributed by atoms with Crippen LogP contribution in [-0.2, 0) is 4.79 Å². The lowest BCUT2D eigenvalue weighted by Crippen LogP contribution is -2.51. The fourth-order valence-electron chi connectivity index (χ4n) is 3.58. The first-order valence-electron chi connectivity index (χ1n) is 10.2. The second-order valence-corrected chi connectivity index (χ2v) is 7.97. The van der Waals surface area contributed by atoms with Crippen LogP contribution in [0.15, 0.2) is 29.3 Å². The van der Waals surface area contributed by atoms with Crippen LogP contribution >= 0.6 is 0 Å². The number of guanidine groups is 1. The lowest BCUT2D eigenvalue weighted by Gasteiger charge is -2.38. The van der Waals surface area contributed by atoms with Gasteiger partial charge in [-0.2, -0.15) is 0 Å². The summed E-state index contributed by atoms with van der Waals surface area (Å²) in [4.78, 5) is 21.1. The molecule has 3 N–H and O–H groups in total. The highest BCUT2D eigenvalue weighted by Crippen LogP contribution is 2.28. The van der Waals surface area contributed by atoms with Gasteiger partial charge in [0.1, 0.15) is 0 Å². The van der Waals surface area contributed by atoms with Gasteiger partial charge in [0, 0.05) is 44.3 Å². The second-order valence-electron chi connectivity index (χ2n) is 7.97. The zero-order chi connectivity index (χ0) is 19.2. The van der Waals surface area contributed by atoms with Crippen LogP contribution in [0.4, 0.5) is 5.69 Å². The van der Waals surface area contributed by atoms with Crippen LogP contribution in [0.1, 0.15) is 44.6 Å². The lowest BCUT2D eigenvalue weighted by atomic mass is 9.84. The molecule has 1 saturated carbocycles. The first-order valence-corrected chi connectivity index (χ1v) is 10.2. The van der Waals surface area contributed by atoms with Gasteiger partial charge in [-0.05, 0) is 36.5 Å². The fraction of sp³-hybridized carbons (Fsp3) is 0.619. The summed E-state index contributed by atoms with van der Waals surface area (Å²) in [6.45, 7) is 9.43. The largest absolute Gasteiger partial charge is 0.370 e. The van der Waals surface area contributed by atoms with Gasteiger partial charge in [-0.3, -0.25) is 14.7 Å². The maximum absolute atomic E-state index is 12.3. The van der Waals surface area contributed by atoms with E-state index in [-0.39, 0.29) is 0 Å². The van der Waals surface area contributed by atoms with E-state index in [2.05, 4.69) is 41.2 Å². The van der Waals surface area contributed by atoms with Crippen LogP contribution in [0.3, 0.4) is 0 Å². The first-order chi connectivity index (χ1) is 13.0. The number of amides is 1. The van der Waals surface area contributed by atoms with Crippen molar-refractivity contribution < 1.29 is 4.79 Å². The van der Waals surface area contributed by atoms with E-state index in [0.29, 0.717) is 30.2 Å². The number of nitrogens with two attached hydrogens (primary N) is 1. The van der Waals surface area contributed by atoms with Gasteiger partial charge in [0.2, 0.25) is 5.91 Å². The quantitative estimate of drug-likeness (QED) is 0.595. The predicted octanol–water partition coefficient (Wildman–Crippen LogP) is 2.48. The normalized spacial score (nSPS) is 19.2. The maximum Gasteiger partial charge on any atom is 0.225 e. The Kier molecular flexibility index (Phi) is 6.72. The third-order valence-electron chi connectivity index (χ3n) is 5.66. The molecule has 2 fully saturated rings. The minimum absolute atomic E-state index is 0.307. The standard InChI is InChI=1S/C21H33N5O/c1-16(2)18-7-4-8-19(15-18)24-21(22)23-9-10-25-11-13-26(14-12-25)20(27)17-5-3-6-17/h4,7-8,15-17H,3,5-6,9-14H2,1-2H3,(H3,22,23,24). The summed E-state index contributed by atoms with van der Waals surface area (Å²) >= 11 is 0. The number of hydrogen-bond acceptors (Lipinski definition) is 3. The van der Waals surface area contributed by atoms with Crippen molar-refractivity contribution in [2.24, 2.45) is 16.6 Å². The molecule has 0 atom stereocenters. The number of benzene rings is 1. The van der Waals surface area contributed by atoms with Gasteiger partial charge in [0.05, 0.1) is 6.54 Å². The molecule has 1 aromatic rings. The Morgan fingerprint density at radius 1 is 1.26 bits per heavy atom. The number of carbonyl (C=O) groups is 1. The molecule has 27 heavy (non-hydrogen) atoms. The van der Waals surface area contributed by atoms with E-state index in [0.717, 1.165) is 51.3 Å². The van der Waals surface area contributed by atoms with E-state index >= 15 is 0 Å². The minimum atomic E-state index is 0.307. The molecule has 0 bridgehead atoms. The highest BCUT2D eigenvalue weighted by atomic mass is 16.2. The number of rotatable bonds is 6. The number of anilines is 1. The van der Waals surface area contributed by atoms with Gasteiger partial charge in [0.15, 0.2) is 5.96 Å². The Bertz CT molecular complexity index is 660. The molecule has 0 unspecified atom stereocenters. The topological polar surface area (TPSA) is 74.0 Å².